The number of allylic oxidation sites excluding steroid dienone is 3. The van der Waals surface area contributed by atoms with Crippen LogP contribution in [0.25, 0.3) is 0 Å². The Balaban J connectivity index is 2.34. The Kier molecular flexibility index (Phi) is 33.8. The van der Waals surface area contributed by atoms with E-state index >= 15 is 0 Å². The molecule has 6 N–H and O–H groups in total. The standard InChI is InChI=1S/C45H85NO8/c1-3-5-7-9-11-13-15-17-18-19-20-21-23-25-27-29-31-33-35-41(49)46-38(37-53-45-44(52)43(51)42(50)40(36-47)54-45)39(48)34-32-30-28-26-24-22-16-14-12-10-8-6-4-2/h8,10,32,34,38-40,42-45,47-48,50-52H,3-7,9,11-31,33,35-37H2,1-2H3,(H,46,49)/b10-8-,34-32+/t38-,39+,40+,42+,43-,44+,45+/m0/s1. The number of carbonyl (C=O) groups excluding carboxylic acids is 1. The van der Waals surface area contributed by atoms with Gasteiger partial charge in [-0.3, -0.25) is 4.79 Å². The minimum absolute atomic E-state index is 0.179. The van der Waals surface area contributed by atoms with Crippen LogP contribution >= 0.6 is 0 Å². The van der Waals surface area contributed by atoms with E-state index in [-0.39, 0.29) is 12.5 Å². The van der Waals surface area contributed by atoms with Gasteiger partial charge in [-0.25, -0.2) is 0 Å². The van der Waals surface area contributed by atoms with E-state index in [1.165, 1.54) is 135 Å². The third-order valence-corrected chi connectivity index (χ3v) is 10.8. The number of aliphatic hydroxyl groups is 5. The summed E-state index contributed by atoms with van der Waals surface area (Å²) in [6.07, 6.45) is 35.0. The molecule has 1 saturated heterocycles. The molecule has 1 heterocycles. The van der Waals surface area contributed by atoms with Crippen LogP contribution in [0.4, 0.5) is 0 Å². The van der Waals surface area contributed by atoms with Crippen LogP contribution in [0.1, 0.15) is 200 Å². The van der Waals surface area contributed by atoms with Crippen molar-refractivity contribution in [1.82, 2.24) is 5.32 Å². The van der Waals surface area contributed by atoms with E-state index in [1.807, 2.05) is 6.08 Å². The lowest BCUT2D eigenvalue weighted by Gasteiger charge is -2.40. The molecule has 0 aromatic rings. The fourth-order valence-electron chi connectivity index (χ4n) is 7.10. The molecule has 1 aliphatic rings. The topological polar surface area (TPSA) is 149 Å². The van der Waals surface area contributed by atoms with Crippen molar-refractivity contribution in [2.45, 2.75) is 243 Å². The summed E-state index contributed by atoms with van der Waals surface area (Å²) < 4.78 is 11.2. The summed E-state index contributed by atoms with van der Waals surface area (Å²) in [4.78, 5) is 12.9. The molecule has 7 atom stereocenters. The van der Waals surface area contributed by atoms with Crippen LogP contribution in [-0.4, -0.2) is 87.5 Å². The summed E-state index contributed by atoms with van der Waals surface area (Å²) in [7, 11) is 0. The Hall–Kier alpha value is -1.33. The van der Waals surface area contributed by atoms with Crippen molar-refractivity contribution in [1.29, 1.82) is 0 Å². The van der Waals surface area contributed by atoms with E-state index in [4.69, 9.17) is 9.47 Å². The van der Waals surface area contributed by atoms with E-state index < -0.39 is 49.5 Å². The summed E-state index contributed by atoms with van der Waals surface area (Å²) in [5.41, 5.74) is 0. The van der Waals surface area contributed by atoms with Crippen LogP contribution < -0.4 is 5.32 Å². The molecule has 0 saturated carbocycles. The lowest BCUT2D eigenvalue weighted by molar-refractivity contribution is -0.302. The van der Waals surface area contributed by atoms with Crippen LogP contribution in [0.2, 0.25) is 0 Å². The van der Waals surface area contributed by atoms with Crippen LogP contribution in [-0.2, 0) is 14.3 Å². The molecule has 0 unspecified atom stereocenters. The quantitative estimate of drug-likeness (QED) is 0.0271. The molecular formula is C45H85NO8. The third kappa shape index (κ3) is 26.5. The maximum atomic E-state index is 12.9. The zero-order valence-corrected chi connectivity index (χ0v) is 34.7. The van der Waals surface area contributed by atoms with Gasteiger partial charge >= 0.3 is 0 Å². The summed E-state index contributed by atoms with van der Waals surface area (Å²) in [5.74, 6) is -0.179. The number of carbonyl (C=O) groups is 1. The lowest BCUT2D eigenvalue weighted by Crippen LogP contribution is -2.60. The van der Waals surface area contributed by atoms with E-state index in [9.17, 15) is 30.3 Å². The van der Waals surface area contributed by atoms with Crippen molar-refractivity contribution in [3.05, 3.63) is 24.3 Å². The molecule has 0 aliphatic carbocycles. The predicted molar refractivity (Wildman–Crippen MR) is 221 cm³/mol. The molecule has 0 radical (unpaired) electrons. The molecule has 9 heteroatoms. The first kappa shape index (κ1) is 50.7. The van der Waals surface area contributed by atoms with Crippen molar-refractivity contribution >= 4 is 5.91 Å². The smallest absolute Gasteiger partial charge is 0.220 e. The number of rotatable bonds is 37. The monoisotopic (exact) mass is 768 g/mol. The van der Waals surface area contributed by atoms with E-state index in [2.05, 4.69) is 31.3 Å². The van der Waals surface area contributed by atoms with Crippen LogP contribution in [0, 0.1) is 0 Å². The van der Waals surface area contributed by atoms with Gasteiger partial charge in [0.2, 0.25) is 5.91 Å². The van der Waals surface area contributed by atoms with Gasteiger partial charge in [0.05, 0.1) is 25.4 Å². The first-order chi connectivity index (χ1) is 26.3. The molecule has 9 nitrogen and oxygen atoms in total. The fourth-order valence-corrected chi connectivity index (χ4v) is 7.10. The average molecular weight is 768 g/mol. The van der Waals surface area contributed by atoms with Gasteiger partial charge in [0.1, 0.15) is 24.4 Å². The second-order valence-corrected chi connectivity index (χ2v) is 15.8. The van der Waals surface area contributed by atoms with Crippen molar-refractivity contribution < 1.29 is 39.8 Å². The van der Waals surface area contributed by atoms with Crippen LogP contribution in [0.5, 0.6) is 0 Å². The lowest BCUT2D eigenvalue weighted by atomic mass is 9.99. The number of aliphatic hydroxyl groups excluding tert-OH is 5. The highest BCUT2D eigenvalue weighted by molar-refractivity contribution is 5.76. The number of nitrogens with one attached hydrogen (secondary N) is 1. The second-order valence-electron chi connectivity index (χ2n) is 15.8. The zero-order valence-electron chi connectivity index (χ0n) is 34.7. The summed E-state index contributed by atoms with van der Waals surface area (Å²) >= 11 is 0. The fraction of sp³-hybridized carbons (Fsp3) is 0.889. The summed E-state index contributed by atoms with van der Waals surface area (Å²) in [5, 5.41) is 54.1. The first-order valence-electron chi connectivity index (χ1n) is 22.6. The molecule has 54 heavy (non-hydrogen) atoms. The van der Waals surface area contributed by atoms with Crippen molar-refractivity contribution in [3.63, 3.8) is 0 Å². The third-order valence-electron chi connectivity index (χ3n) is 10.8. The van der Waals surface area contributed by atoms with Crippen molar-refractivity contribution in [3.8, 4) is 0 Å². The Morgan fingerprint density at radius 1 is 0.611 bits per heavy atom. The Morgan fingerprint density at radius 2 is 1.07 bits per heavy atom. The molecule has 1 fully saturated rings. The minimum atomic E-state index is -1.56. The predicted octanol–water partition coefficient (Wildman–Crippen LogP) is 9.11. The van der Waals surface area contributed by atoms with Gasteiger partial charge in [-0.15, -0.1) is 0 Å². The Labute approximate surface area is 330 Å². The molecule has 0 spiro atoms. The largest absolute Gasteiger partial charge is 0.394 e. The molecule has 318 valence electrons. The number of hydrogen-bond acceptors (Lipinski definition) is 8. The zero-order chi connectivity index (χ0) is 39.5. The van der Waals surface area contributed by atoms with Gasteiger partial charge in [0, 0.05) is 6.42 Å². The average Bonchev–Trinajstić information content (AvgIpc) is 3.17. The second kappa shape index (κ2) is 36.0. The molecule has 0 aromatic heterocycles. The maximum Gasteiger partial charge on any atom is 0.220 e. The van der Waals surface area contributed by atoms with Gasteiger partial charge in [-0.1, -0.05) is 179 Å². The first-order valence-corrected chi connectivity index (χ1v) is 22.6. The Morgan fingerprint density at radius 3 is 1.57 bits per heavy atom. The molecule has 1 aliphatic heterocycles. The number of ether oxygens (including phenoxy) is 2. The van der Waals surface area contributed by atoms with Gasteiger partial charge in [0.15, 0.2) is 6.29 Å². The number of amides is 1. The SMILES string of the molecule is CCC/C=C\CCCCCCCC/C=C/[C@@H](O)[C@H](CO[C@@H]1O[C@H](CO)[C@@H](O)[C@H](O)[C@H]1O)NC(=O)CCCCCCCCCCCCCCCCCCCC. The highest BCUT2D eigenvalue weighted by atomic mass is 16.7. The van der Waals surface area contributed by atoms with Gasteiger partial charge < -0.3 is 40.3 Å². The van der Waals surface area contributed by atoms with Crippen LogP contribution in [0.15, 0.2) is 24.3 Å². The summed E-state index contributed by atoms with van der Waals surface area (Å²) in [6, 6.07) is -0.803. The highest BCUT2D eigenvalue weighted by Crippen LogP contribution is 2.22. The van der Waals surface area contributed by atoms with Gasteiger partial charge in [0.25, 0.3) is 0 Å². The maximum absolute atomic E-state index is 12.9. The van der Waals surface area contributed by atoms with Crippen molar-refractivity contribution in [2.75, 3.05) is 13.2 Å². The van der Waals surface area contributed by atoms with E-state index in [1.54, 1.807) is 6.08 Å². The van der Waals surface area contributed by atoms with Crippen LogP contribution in [0.3, 0.4) is 0 Å². The highest BCUT2D eigenvalue weighted by Gasteiger charge is 2.44. The van der Waals surface area contributed by atoms with Gasteiger partial charge in [-0.2, -0.15) is 0 Å². The molecule has 0 aromatic carbocycles. The molecule has 1 rings (SSSR count). The molecule has 0 bridgehead atoms. The minimum Gasteiger partial charge on any atom is -0.394 e. The number of hydrogen-bond donors (Lipinski definition) is 6. The summed E-state index contributed by atoms with van der Waals surface area (Å²) in [6.45, 7) is 3.72. The number of unbranched alkanes of at least 4 members (excludes halogenated alkanes) is 25. The van der Waals surface area contributed by atoms with E-state index in [0.717, 1.165) is 44.9 Å². The van der Waals surface area contributed by atoms with Crippen molar-refractivity contribution in [2.24, 2.45) is 0 Å². The van der Waals surface area contributed by atoms with E-state index in [0.29, 0.717) is 6.42 Å². The molecular weight excluding hydrogens is 682 g/mol. The Bertz CT molecular complexity index is 899. The normalized spacial score (nSPS) is 21.6. The van der Waals surface area contributed by atoms with Gasteiger partial charge in [-0.05, 0) is 38.5 Å². The molecule has 1 amide bonds.